The summed E-state index contributed by atoms with van der Waals surface area (Å²) in [5.41, 5.74) is 1.51. The van der Waals surface area contributed by atoms with Crippen molar-refractivity contribution in [2.24, 2.45) is 11.3 Å². The van der Waals surface area contributed by atoms with E-state index in [4.69, 9.17) is 11.6 Å². The summed E-state index contributed by atoms with van der Waals surface area (Å²) in [6.45, 7) is 12.5. The van der Waals surface area contributed by atoms with E-state index in [2.05, 4.69) is 38.0 Å². The molecule has 0 bridgehead atoms. The Hall–Kier alpha value is -1.65. The average molecular weight is 377 g/mol. The number of benzene rings is 1. The molecule has 0 aromatic heterocycles. The van der Waals surface area contributed by atoms with Gasteiger partial charge >= 0.3 is 0 Å². The van der Waals surface area contributed by atoms with Crippen LogP contribution in [0.2, 0.25) is 5.02 Å². The number of carbonyl (C=O) groups is 1. The van der Waals surface area contributed by atoms with E-state index in [9.17, 15) is 9.18 Å². The predicted molar refractivity (Wildman–Crippen MR) is 105 cm³/mol. The van der Waals surface area contributed by atoms with Gasteiger partial charge in [-0.3, -0.25) is 4.79 Å². The lowest BCUT2D eigenvalue weighted by Gasteiger charge is -2.37. The number of nitrogens with one attached hydrogen (secondary N) is 2. The van der Waals surface area contributed by atoms with Gasteiger partial charge in [0.15, 0.2) is 0 Å². The molecule has 1 saturated heterocycles. The second-order valence-electron chi connectivity index (χ2n) is 8.60. The van der Waals surface area contributed by atoms with Crippen molar-refractivity contribution in [3.05, 3.63) is 52.8 Å². The van der Waals surface area contributed by atoms with Crippen LogP contribution < -0.4 is 10.6 Å². The SMILES string of the molecule is C=C(/C=C(\C)F)[C@H]1CN[C@H](CC(C)(C)C)[C@]12C(=O)Nc1cc(Cl)ccc12. The van der Waals surface area contributed by atoms with Gasteiger partial charge in [-0.1, -0.05) is 45.0 Å². The first kappa shape index (κ1) is 19.1. The Balaban J connectivity index is 2.17. The maximum Gasteiger partial charge on any atom is 0.237 e. The van der Waals surface area contributed by atoms with E-state index in [1.807, 2.05) is 12.1 Å². The summed E-state index contributed by atoms with van der Waals surface area (Å²) in [5.74, 6) is -0.591. The van der Waals surface area contributed by atoms with Crippen LogP contribution in [0.1, 0.15) is 39.7 Å². The number of carbonyl (C=O) groups excluding carboxylic acids is 1. The molecule has 26 heavy (non-hydrogen) atoms. The van der Waals surface area contributed by atoms with Crippen LogP contribution >= 0.6 is 11.6 Å². The van der Waals surface area contributed by atoms with Crippen LogP contribution in [0, 0.1) is 11.3 Å². The van der Waals surface area contributed by atoms with Crippen LogP contribution in [-0.2, 0) is 10.2 Å². The predicted octanol–water partition coefficient (Wildman–Crippen LogP) is 4.98. The molecule has 1 aromatic carbocycles. The molecule has 2 aliphatic heterocycles. The van der Waals surface area contributed by atoms with E-state index in [-0.39, 0.29) is 29.1 Å². The maximum absolute atomic E-state index is 13.6. The molecule has 0 unspecified atom stereocenters. The van der Waals surface area contributed by atoms with E-state index >= 15 is 0 Å². The molecule has 2 heterocycles. The lowest BCUT2D eigenvalue weighted by Crippen LogP contribution is -2.50. The van der Waals surface area contributed by atoms with Gasteiger partial charge < -0.3 is 10.6 Å². The van der Waals surface area contributed by atoms with Gasteiger partial charge in [0.2, 0.25) is 5.91 Å². The quantitative estimate of drug-likeness (QED) is 0.730. The summed E-state index contributed by atoms with van der Waals surface area (Å²) in [4.78, 5) is 13.3. The van der Waals surface area contributed by atoms with Gasteiger partial charge in [-0.05, 0) is 48.1 Å². The van der Waals surface area contributed by atoms with Gasteiger partial charge in [0.05, 0.1) is 11.2 Å². The molecule has 0 aliphatic carbocycles. The van der Waals surface area contributed by atoms with Gasteiger partial charge in [0, 0.05) is 29.2 Å². The lowest BCUT2D eigenvalue weighted by molar-refractivity contribution is -0.122. The highest BCUT2D eigenvalue weighted by Gasteiger charge is 2.61. The number of rotatable bonds is 3. The lowest BCUT2D eigenvalue weighted by atomic mass is 9.64. The average Bonchev–Trinajstić information content (AvgIpc) is 2.97. The summed E-state index contributed by atoms with van der Waals surface area (Å²) in [6, 6.07) is 5.45. The van der Waals surface area contributed by atoms with Crippen molar-refractivity contribution in [3.63, 3.8) is 0 Å². The Morgan fingerprint density at radius 2 is 2.15 bits per heavy atom. The van der Waals surface area contributed by atoms with Crippen molar-refractivity contribution in [2.75, 3.05) is 11.9 Å². The van der Waals surface area contributed by atoms with Crippen molar-refractivity contribution >= 4 is 23.2 Å². The van der Waals surface area contributed by atoms with Crippen LogP contribution in [0.5, 0.6) is 0 Å². The number of hydrogen-bond donors (Lipinski definition) is 2. The van der Waals surface area contributed by atoms with Crippen LogP contribution in [0.25, 0.3) is 0 Å². The zero-order valence-electron chi connectivity index (χ0n) is 15.7. The Bertz CT molecular complexity index is 792. The molecular weight excluding hydrogens is 351 g/mol. The second-order valence-corrected chi connectivity index (χ2v) is 9.03. The molecule has 3 rings (SSSR count). The van der Waals surface area contributed by atoms with Gasteiger partial charge in [0.25, 0.3) is 0 Å². The van der Waals surface area contributed by atoms with Crippen LogP contribution in [0.15, 0.2) is 42.3 Å². The van der Waals surface area contributed by atoms with Crippen LogP contribution in [-0.4, -0.2) is 18.5 Å². The zero-order valence-corrected chi connectivity index (χ0v) is 16.5. The third-order valence-electron chi connectivity index (χ3n) is 5.37. The smallest absolute Gasteiger partial charge is 0.237 e. The molecule has 1 amide bonds. The highest BCUT2D eigenvalue weighted by atomic mass is 35.5. The number of halogens is 2. The highest BCUT2D eigenvalue weighted by Crippen LogP contribution is 2.53. The number of amides is 1. The fourth-order valence-electron chi connectivity index (χ4n) is 4.47. The molecule has 3 atom stereocenters. The summed E-state index contributed by atoms with van der Waals surface area (Å²) in [5, 5.41) is 7.11. The fraction of sp³-hybridized carbons (Fsp3) is 0.476. The van der Waals surface area contributed by atoms with E-state index in [0.29, 0.717) is 17.1 Å². The number of allylic oxidation sites excluding steroid dienone is 2. The van der Waals surface area contributed by atoms with Gasteiger partial charge in [0.1, 0.15) is 0 Å². The van der Waals surface area contributed by atoms with Gasteiger partial charge in [-0.25, -0.2) is 4.39 Å². The standard InChI is InChI=1S/C21H26ClFN2O/c1-12(8-13(2)23)16-11-24-18(10-20(3,4)5)21(16)15-7-6-14(22)9-17(15)25-19(21)26/h6-9,16,18,24H,1,10-11H2,2-5H3,(H,25,26)/b13-8+/t16-,18-,21-/m1/s1. The first-order chi connectivity index (χ1) is 12.1. The van der Waals surface area contributed by atoms with Crippen molar-refractivity contribution in [3.8, 4) is 0 Å². The zero-order chi connectivity index (χ0) is 19.3. The minimum Gasteiger partial charge on any atom is -0.325 e. The Morgan fingerprint density at radius 1 is 1.46 bits per heavy atom. The van der Waals surface area contributed by atoms with Crippen molar-refractivity contribution < 1.29 is 9.18 Å². The molecule has 0 radical (unpaired) electrons. The van der Waals surface area contributed by atoms with Crippen LogP contribution in [0.3, 0.4) is 0 Å². The van der Waals surface area contributed by atoms with Gasteiger partial charge in [-0.2, -0.15) is 0 Å². The van der Waals surface area contributed by atoms with Crippen molar-refractivity contribution in [1.29, 1.82) is 0 Å². The number of fused-ring (bicyclic) bond motifs is 2. The molecule has 1 fully saturated rings. The molecule has 1 spiro atoms. The van der Waals surface area contributed by atoms with E-state index in [0.717, 1.165) is 17.7 Å². The van der Waals surface area contributed by atoms with E-state index < -0.39 is 5.41 Å². The molecule has 2 aliphatic rings. The monoisotopic (exact) mass is 376 g/mol. The van der Waals surface area contributed by atoms with E-state index in [1.54, 1.807) is 6.07 Å². The Labute approximate surface area is 159 Å². The van der Waals surface area contributed by atoms with Crippen molar-refractivity contribution in [2.45, 2.75) is 45.6 Å². The molecule has 5 heteroatoms. The molecule has 3 nitrogen and oxygen atoms in total. The topological polar surface area (TPSA) is 41.1 Å². The summed E-state index contributed by atoms with van der Waals surface area (Å²) in [6.07, 6.45) is 2.25. The van der Waals surface area contributed by atoms with E-state index in [1.165, 1.54) is 13.0 Å². The third kappa shape index (κ3) is 3.10. The molecule has 140 valence electrons. The Morgan fingerprint density at radius 3 is 2.77 bits per heavy atom. The molecule has 2 N–H and O–H groups in total. The number of hydrogen-bond acceptors (Lipinski definition) is 2. The third-order valence-corrected chi connectivity index (χ3v) is 5.60. The molecule has 0 saturated carbocycles. The largest absolute Gasteiger partial charge is 0.325 e. The highest BCUT2D eigenvalue weighted by molar-refractivity contribution is 6.31. The normalized spacial score (nSPS) is 28.4. The Kier molecular flexibility index (Phi) is 4.78. The first-order valence-electron chi connectivity index (χ1n) is 8.93. The first-order valence-corrected chi connectivity index (χ1v) is 9.31. The second kappa shape index (κ2) is 6.50. The minimum atomic E-state index is -0.809. The number of anilines is 1. The van der Waals surface area contributed by atoms with Crippen molar-refractivity contribution in [1.82, 2.24) is 5.32 Å². The molecular formula is C21H26ClFN2O. The minimum absolute atomic E-state index is 0.0300. The van der Waals surface area contributed by atoms with Crippen LogP contribution in [0.4, 0.5) is 10.1 Å². The summed E-state index contributed by atoms with van der Waals surface area (Å²) >= 11 is 6.13. The molecule has 1 aromatic rings. The summed E-state index contributed by atoms with van der Waals surface area (Å²) < 4.78 is 13.6. The summed E-state index contributed by atoms with van der Waals surface area (Å²) in [7, 11) is 0. The maximum atomic E-state index is 13.6. The van der Waals surface area contributed by atoms with Gasteiger partial charge in [-0.15, -0.1) is 0 Å². The fourth-order valence-corrected chi connectivity index (χ4v) is 4.64.